The number of carbonyl (C=O) groups is 2. The van der Waals surface area contributed by atoms with Crippen LogP contribution in [0.25, 0.3) is 0 Å². The lowest BCUT2D eigenvalue weighted by Gasteiger charge is -2.42. The second-order valence-electron chi connectivity index (χ2n) is 9.15. The molecule has 0 aromatic heterocycles. The fourth-order valence-corrected chi connectivity index (χ4v) is 6.15. The number of carbonyl (C=O) groups excluding carboxylic acids is 2. The highest BCUT2D eigenvalue weighted by Gasteiger charge is 2.58. The first-order chi connectivity index (χ1) is 16.0. The van der Waals surface area contributed by atoms with Gasteiger partial charge in [-0.2, -0.15) is 0 Å². The van der Waals surface area contributed by atoms with Crippen LogP contribution in [0.4, 0.5) is 4.39 Å². The summed E-state index contributed by atoms with van der Waals surface area (Å²) in [6.07, 6.45) is 2.56. The normalized spacial score (nSPS) is 21.6. The van der Waals surface area contributed by atoms with E-state index in [1.807, 2.05) is 0 Å². The van der Waals surface area contributed by atoms with Crippen molar-refractivity contribution in [1.82, 2.24) is 9.21 Å². The predicted octanol–water partition coefficient (Wildman–Crippen LogP) is 3.38. The maximum absolute atomic E-state index is 14.4. The maximum Gasteiger partial charge on any atom is 0.254 e. The fourth-order valence-electron chi connectivity index (χ4n) is 5.09. The molecule has 0 bridgehead atoms. The lowest BCUT2D eigenvalue weighted by atomic mass is 9.73. The third-order valence-corrected chi connectivity index (χ3v) is 8.98. The van der Waals surface area contributed by atoms with E-state index in [1.165, 1.54) is 55.4 Å². The van der Waals surface area contributed by atoms with Gasteiger partial charge >= 0.3 is 0 Å². The number of amides is 2. The molecule has 2 aromatic rings. The van der Waals surface area contributed by atoms with Crippen LogP contribution < -0.4 is 5.73 Å². The van der Waals surface area contributed by atoms with Crippen LogP contribution in [0, 0.1) is 11.7 Å². The molecule has 1 heterocycles. The monoisotopic (exact) mass is 507 g/mol. The number of hydrogen-bond donors (Lipinski definition) is 1. The third kappa shape index (κ3) is 4.10. The van der Waals surface area contributed by atoms with Crippen molar-refractivity contribution >= 4 is 33.4 Å². The molecule has 2 fully saturated rings. The van der Waals surface area contributed by atoms with E-state index >= 15 is 0 Å². The molecular formula is C24H27ClFN3O4S. The van der Waals surface area contributed by atoms with E-state index in [-0.39, 0.29) is 27.9 Å². The standard InChI is InChI=1S/C24H27ClFN3O4S/c1-28(2)34(32,33)18-6-3-5-17(13-18)22(30)29-12-4-11-24(29,23(27)31)21(15-7-8-15)16-9-10-19(25)20(26)14-16/h3,5-6,9-10,13-15,21H,4,7-8,11-12H2,1-2H3,(H2,27,31)/t21-,24+/m1/s1. The Morgan fingerprint density at radius 1 is 1.21 bits per heavy atom. The minimum absolute atomic E-state index is 0.0225. The smallest absolute Gasteiger partial charge is 0.254 e. The van der Waals surface area contributed by atoms with Crippen molar-refractivity contribution in [3.63, 3.8) is 0 Å². The molecule has 0 unspecified atom stereocenters. The lowest BCUT2D eigenvalue weighted by Crippen LogP contribution is -2.60. The highest BCUT2D eigenvalue weighted by molar-refractivity contribution is 7.89. The van der Waals surface area contributed by atoms with E-state index in [4.69, 9.17) is 17.3 Å². The van der Waals surface area contributed by atoms with Crippen LogP contribution in [0.3, 0.4) is 0 Å². The van der Waals surface area contributed by atoms with E-state index in [0.717, 1.165) is 17.1 Å². The first-order valence-corrected chi connectivity index (χ1v) is 12.9. The van der Waals surface area contributed by atoms with Crippen LogP contribution in [0.5, 0.6) is 0 Å². The van der Waals surface area contributed by atoms with Crippen LogP contribution in [0.15, 0.2) is 47.4 Å². The van der Waals surface area contributed by atoms with Crippen molar-refractivity contribution in [3.8, 4) is 0 Å². The van der Waals surface area contributed by atoms with Crippen molar-refractivity contribution in [3.05, 3.63) is 64.4 Å². The van der Waals surface area contributed by atoms with Gasteiger partial charge in [0.05, 0.1) is 9.92 Å². The van der Waals surface area contributed by atoms with Crippen LogP contribution >= 0.6 is 11.6 Å². The zero-order valence-corrected chi connectivity index (χ0v) is 20.6. The van der Waals surface area contributed by atoms with Gasteiger partial charge in [-0.05, 0) is 67.5 Å². The summed E-state index contributed by atoms with van der Waals surface area (Å²) in [5.74, 6) is -2.14. The third-order valence-electron chi connectivity index (χ3n) is 6.86. The van der Waals surface area contributed by atoms with Crippen LogP contribution in [0.1, 0.15) is 47.5 Å². The Balaban J connectivity index is 1.79. The van der Waals surface area contributed by atoms with Gasteiger partial charge in [0.1, 0.15) is 11.4 Å². The molecule has 4 rings (SSSR count). The van der Waals surface area contributed by atoms with Gasteiger partial charge in [-0.15, -0.1) is 0 Å². The summed E-state index contributed by atoms with van der Waals surface area (Å²) in [4.78, 5) is 28.3. The van der Waals surface area contributed by atoms with E-state index in [2.05, 4.69) is 0 Å². The maximum atomic E-state index is 14.4. The van der Waals surface area contributed by atoms with Gasteiger partial charge in [-0.1, -0.05) is 23.7 Å². The van der Waals surface area contributed by atoms with Gasteiger partial charge in [-0.25, -0.2) is 17.1 Å². The van der Waals surface area contributed by atoms with E-state index in [9.17, 15) is 22.4 Å². The highest BCUT2D eigenvalue weighted by atomic mass is 35.5. The van der Waals surface area contributed by atoms with Gasteiger partial charge in [0.25, 0.3) is 5.91 Å². The Bertz CT molecular complexity index is 1250. The summed E-state index contributed by atoms with van der Waals surface area (Å²) < 4.78 is 40.6. The Labute approximate surface area is 203 Å². The molecule has 182 valence electrons. The first-order valence-electron chi connectivity index (χ1n) is 11.1. The molecular weight excluding hydrogens is 481 g/mol. The van der Waals surface area contributed by atoms with Gasteiger partial charge in [0.15, 0.2) is 0 Å². The Hall–Kier alpha value is -2.49. The molecule has 34 heavy (non-hydrogen) atoms. The minimum Gasteiger partial charge on any atom is -0.368 e. The number of sulfonamides is 1. The topological polar surface area (TPSA) is 101 Å². The molecule has 2 aromatic carbocycles. The average molecular weight is 508 g/mol. The number of nitrogens with zero attached hydrogens (tertiary/aromatic N) is 2. The van der Waals surface area contributed by atoms with Crippen LogP contribution in [-0.4, -0.2) is 55.6 Å². The van der Waals surface area contributed by atoms with Crippen LogP contribution in [-0.2, 0) is 14.8 Å². The molecule has 1 aliphatic carbocycles. The van der Waals surface area contributed by atoms with E-state index in [1.54, 1.807) is 6.07 Å². The SMILES string of the molecule is CN(C)S(=O)(=O)c1cccc(C(=O)N2CCC[C@@]2(C(N)=O)[C@@H](c2ccc(Cl)c(F)c2)C2CC2)c1. The van der Waals surface area contributed by atoms with Gasteiger partial charge in [-0.3, -0.25) is 9.59 Å². The summed E-state index contributed by atoms with van der Waals surface area (Å²) in [6.45, 7) is 0.283. The van der Waals surface area contributed by atoms with Crippen molar-refractivity contribution in [2.75, 3.05) is 20.6 Å². The molecule has 0 spiro atoms. The molecule has 1 aliphatic heterocycles. The second-order valence-corrected chi connectivity index (χ2v) is 11.7. The molecule has 2 N–H and O–H groups in total. The quantitative estimate of drug-likeness (QED) is 0.620. The Morgan fingerprint density at radius 3 is 2.50 bits per heavy atom. The summed E-state index contributed by atoms with van der Waals surface area (Å²) in [5.41, 5.74) is 5.36. The second kappa shape index (κ2) is 8.94. The lowest BCUT2D eigenvalue weighted by molar-refractivity contribution is -0.129. The molecule has 2 atom stereocenters. The number of hydrogen-bond acceptors (Lipinski definition) is 4. The number of nitrogens with two attached hydrogens (primary N) is 1. The molecule has 2 amide bonds. The van der Waals surface area contributed by atoms with E-state index < -0.39 is 39.1 Å². The summed E-state index contributed by atoms with van der Waals surface area (Å²) in [5, 5.41) is -0.0234. The summed E-state index contributed by atoms with van der Waals surface area (Å²) in [6, 6.07) is 10.2. The molecule has 0 radical (unpaired) electrons. The Morgan fingerprint density at radius 2 is 1.91 bits per heavy atom. The number of halogens is 2. The summed E-state index contributed by atoms with van der Waals surface area (Å²) in [7, 11) is -0.935. The number of primary amides is 1. The van der Waals surface area contributed by atoms with E-state index in [0.29, 0.717) is 18.4 Å². The van der Waals surface area contributed by atoms with Crippen molar-refractivity contribution in [2.45, 2.75) is 42.0 Å². The van der Waals surface area contributed by atoms with Gasteiger partial charge < -0.3 is 10.6 Å². The van der Waals surface area contributed by atoms with Gasteiger partial charge in [0, 0.05) is 32.1 Å². The largest absolute Gasteiger partial charge is 0.368 e. The fraction of sp³-hybridized carbons (Fsp3) is 0.417. The van der Waals surface area contributed by atoms with Crippen molar-refractivity contribution in [2.24, 2.45) is 11.7 Å². The van der Waals surface area contributed by atoms with Gasteiger partial charge in [0.2, 0.25) is 15.9 Å². The van der Waals surface area contributed by atoms with Crippen LogP contribution in [0.2, 0.25) is 5.02 Å². The average Bonchev–Trinajstić information content (AvgIpc) is 3.53. The van der Waals surface area contributed by atoms with Crippen molar-refractivity contribution in [1.29, 1.82) is 0 Å². The summed E-state index contributed by atoms with van der Waals surface area (Å²) >= 11 is 5.89. The predicted molar refractivity (Wildman–Crippen MR) is 126 cm³/mol. The molecule has 7 nitrogen and oxygen atoms in total. The van der Waals surface area contributed by atoms with Crippen molar-refractivity contribution < 1.29 is 22.4 Å². The number of benzene rings is 2. The number of rotatable bonds is 7. The zero-order valence-electron chi connectivity index (χ0n) is 19.0. The zero-order chi connectivity index (χ0) is 24.8. The minimum atomic E-state index is -3.76. The molecule has 1 saturated heterocycles. The molecule has 2 aliphatic rings. The molecule has 10 heteroatoms. The molecule has 1 saturated carbocycles. The first kappa shape index (κ1) is 24.6. The Kier molecular flexibility index (Phi) is 6.48. The highest BCUT2D eigenvalue weighted by Crippen LogP contribution is 2.54. The number of likely N-dealkylation sites (tertiary alicyclic amines) is 1.